The Morgan fingerprint density at radius 3 is 2.46 bits per heavy atom. The van der Waals surface area contributed by atoms with Gasteiger partial charge in [-0.15, -0.1) is 10.2 Å². The van der Waals surface area contributed by atoms with Gasteiger partial charge in [-0.3, -0.25) is 9.78 Å². The molecule has 2 aromatic heterocycles. The Morgan fingerprint density at radius 2 is 1.79 bits per heavy atom. The Bertz CT molecular complexity index is 1360. The lowest BCUT2D eigenvalue weighted by Crippen LogP contribution is -2.56. The van der Waals surface area contributed by atoms with Crippen LogP contribution in [-0.4, -0.2) is 68.8 Å². The van der Waals surface area contributed by atoms with E-state index in [1.165, 1.54) is 0 Å². The molecule has 2 unspecified atom stereocenters. The van der Waals surface area contributed by atoms with Gasteiger partial charge in [0.2, 0.25) is 11.8 Å². The second-order valence-electron chi connectivity index (χ2n) is 10.5. The second-order valence-corrected chi connectivity index (χ2v) is 10.5. The molecular weight excluding hydrogens is 506 g/mol. The third-order valence-electron chi connectivity index (χ3n) is 7.86. The Morgan fingerprint density at radius 1 is 1.08 bits per heavy atom. The highest BCUT2D eigenvalue weighted by atomic mass is 19.3. The molecule has 0 radical (unpaired) electrons. The number of alkyl halides is 2. The maximum absolute atomic E-state index is 13.6. The van der Waals surface area contributed by atoms with Gasteiger partial charge in [0.05, 0.1) is 6.04 Å². The monoisotopic (exact) mass is 538 g/mol. The van der Waals surface area contributed by atoms with Crippen LogP contribution in [0.25, 0.3) is 22.0 Å². The molecule has 1 aliphatic carbocycles. The van der Waals surface area contributed by atoms with Gasteiger partial charge in [-0.2, -0.15) is 0 Å². The molecular formula is C28H32F2N6O3. The molecule has 2 fully saturated rings. The van der Waals surface area contributed by atoms with Crippen LogP contribution in [0.1, 0.15) is 51.1 Å². The van der Waals surface area contributed by atoms with Crippen LogP contribution in [0.5, 0.6) is 0 Å². The van der Waals surface area contributed by atoms with Crippen LogP contribution in [0.3, 0.4) is 0 Å². The number of rotatable bonds is 5. The smallest absolute Gasteiger partial charge is 0.405 e. The summed E-state index contributed by atoms with van der Waals surface area (Å²) in [5, 5.41) is 22.3. The minimum Gasteiger partial charge on any atom is -0.465 e. The molecule has 0 spiro atoms. The number of anilines is 1. The van der Waals surface area contributed by atoms with E-state index >= 15 is 0 Å². The summed E-state index contributed by atoms with van der Waals surface area (Å²) in [6.07, 6.45) is 2.41. The zero-order chi connectivity index (χ0) is 27.7. The lowest BCUT2D eigenvalue weighted by atomic mass is 9.85. The molecule has 1 aliphatic heterocycles. The minimum absolute atomic E-state index is 0.0260. The SMILES string of the molecule is CC(NC(=O)O)c1ccc(-c2nnc(N3CCN(C(=O)C4CCC(F)(F)CC4)C(C)C3)c3cnccc23)cc1. The zero-order valence-corrected chi connectivity index (χ0v) is 22.0. The van der Waals surface area contributed by atoms with E-state index in [9.17, 15) is 18.4 Å². The topological polar surface area (TPSA) is 112 Å². The van der Waals surface area contributed by atoms with Crippen molar-refractivity contribution in [2.24, 2.45) is 5.92 Å². The highest BCUT2D eigenvalue weighted by Gasteiger charge is 2.40. The number of nitrogens with zero attached hydrogens (tertiary/aromatic N) is 5. The van der Waals surface area contributed by atoms with E-state index in [1.807, 2.05) is 42.2 Å². The number of aromatic nitrogens is 3. The first-order valence-electron chi connectivity index (χ1n) is 13.3. The van der Waals surface area contributed by atoms with Crippen LogP contribution in [-0.2, 0) is 4.79 Å². The number of carboxylic acid groups (broad SMARTS) is 1. The number of pyridine rings is 1. The van der Waals surface area contributed by atoms with Crippen LogP contribution >= 0.6 is 0 Å². The number of hydrogen-bond donors (Lipinski definition) is 2. The fraction of sp³-hybridized carbons (Fsp3) is 0.464. The maximum atomic E-state index is 13.6. The normalized spacial score (nSPS) is 20.6. The molecule has 9 nitrogen and oxygen atoms in total. The molecule has 0 bridgehead atoms. The van der Waals surface area contributed by atoms with Crippen molar-refractivity contribution in [3.05, 3.63) is 48.3 Å². The van der Waals surface area contributed by atoms with Gasteiger partial charge in [0, 0.05) is 73.2 Å². The quantitative estimate of drug-likeness (QED) is 0.476. The molecule has 3 heterocycles. The van der Waals surface area contributed by atoms with Gasteiger partial charge in [-0.25, -0.2) is 13.6 Å². The van der Waals surface area contributed by atoms with Gasteiger partial charge >= 0.3 is 6.09 Å². The van der Waals surface area contributed by atoms with Crippen molar-refractivity contribution in [1.82, 2.24) is 25.4 Å². The highest BCUT2D eigenvalue weighted by Crippen LogP contribution is 2.38. The minimum atomic E-state index is -2.65. The zero-order valence-electron chi connectivity index (χ0n) is 22.0. The summed E-state index contributed by atoms with van der Waals surface area (Å²) >= 11 is 0. The van der Waals surface area contributed by atoms with Crippen molar-refractivity contribution in [3.63, 3.8) is 0 Å². The molecule has 5 rings (SSSR count). The Labute approximate surface area is 225 Å². The van der Waals surface area contributed by atoms with Crippen molar-refractivity contribution in [3.8, 4) is 11.3 Å². The molecule has 39 heavy (non-hydrogen) atoms. The summed E-state index contributed by atoms with van der Waals surface area (Å²) in [6, 6.07) is 8.97. The summed E-state index contributed by atoms with van der Waals surface area (Å²) in [7, 11) is 0. The van der Waals surface area contributed by atoms with E-state index in [1.54, 1.807) is 19.3 Å². The van der Waals surface area contributed by atoms with Gasteiger partial charge in [-0.05, 0) is 38.3 Å². The number of hydrogen-bond acceptors (Lipinski definition) is 6. The number of nitrogens with one attached hydrogen (secondary N) is 1. The van der Waals surface area contributed by atoms with Gasteiger partial charge in [-0.1, -0.05) is 24.3 Å². The average molecular weight is 539 g/mol. The van der Waals surface area contributed by atoms with E-state index in [0.717, 1.165) is 21.9 Å². The van der Waals surface area contributed by atoms with E-state index in [2.05, 4.69) is 25.4 Å². The van der Waals surface area contributed by atoms with Crippen LogP contribution in [0.15, 0.2) is 42.7 Å². The molecule has 2 N–H and O–H groups in total. The predicted molar refractivity (Wildman–Crippen MR) is 143 cm³/mol. The molecule has 206 valence electrons. The number of carbonyl (C=O) groups excluding carboxylic acids is 1. The standard InChI is InChI=1S/C28H32F2N6O3/c1-17-16-35(13-14-36(17)26(37)21-7-10-28(29,30)11-8-21)25-23-15-31-12-9-22(23)24(33-34-25)20-5-3-19(4-6-20)18(2)32-27(38)39/h3-6,9,12,15,17-18,21,32H,7-8,10-11,13-14,16H2,1-2H3,(H,38,39). The number of benzene rings is 1. The molecule has 1 saturated heterocycles. The first-order valence-corrected chi connectivity index (χ1v) is 13.3. The van der Waals surface area contributed by atoms with Crippen LogP contribution in [0.2, 0.25) is 0 Å². The van der Waals surface area contributed by atoms with Crippen molar-refractivity contribution < 1.29 is 23.5 Å². The number of piperazine rings is 1. The third kappa shape index (κ3) is 5.62. The van der Waals surface area contributed by atoms with Crippen molar-refractivity contribution >= 4 is 28.6 Å². The third-order valence-corrected chi connectivity index (χ3v) is 7.86. The lowest BCUT2D eigenvalue weighted by Gasteiger charge is -2.42. The van der Waals surface area contributed by atoms with E-state index in [-0.39, 0.29) is 49.6 Å². The van der Waals surface area contributed by atoms with Crippen molar-refractivity contribution in [1.29, 1.82) is 0 Å². The number of amides is 2. The van der Waals surface area contributed by atoms with Gasteiger partial charge in [0.25, 0.3) is 0 Å². The molecule has 2 aliphatic rings. The Balaban J connectivity index is 1.34. The maximum Gasteiger partial charge on any atom is 0.405 e. The number of carbonyl (C=O) groups is 2. The predicted octanol–water partition coefficient (Wildman–Crippen LogP) is 4.88. The molecule has 2 amide bonds. The van der Waals surface area contributed by atoms with Crippen LogP contribution in [0.4, 0.5) is 19.4 Å². The summed E-state index contributed by atoms with van der Waals surface area (Å²) < 4.78 is 27.2. The lowest BCUT2D eigenvalue weighted by molar-refractivity contribution is -0.142. The van der Waals surface area contributed by atoms with Crippen molar-refractivity contribution in [2.45, 2.75) is 57.5 Å². The van der Waals surface area contributed by atoms with E-state index in [0.29, 0.717) is 31.1 Å². The average Bonchev–Trinajstić information content (AvgIpc) is 2.92. The summed E-state index contributed by atoms with van der Waals surface area (Å²) in [5.74, 6) is -2.33. The van der Waals surface area contributed by atoms with Crippen LogP contribution in [0, 0.1) is 5.92 Å². The van der Waals surface area contributed by atoms with Gasteiger partial charge in [0.15, 0.2) is 5.82 Å². The summed E-state index contributed by atoms with van der Waals surface area (Å²) in [5.41, 5.74) is 2.37. The molecule has 3 aromatic rings. The fourth-order valence-corrected chi connectivity index (χ4v) is 5.63. The van der Waals surface area contributed by atoms with Crippen LogP contribution < -0.4 is 10.2 Å². The van der Waals surface area contributed by atoms with Gasteiger partial charge < -0.3 is 20.2 Å². The Kier molecular flexibility index (Phi) is 7.33. The Hall–Kier alpha value is -3.89. The molecule has 1 aromatic carbocycles. The molecule has 1 saturated carbocycles. The number of fused-ring (bicyclic) bond motifs is 1. The van der Waals surface area contributed by atoms with Gasteiger partial charge in [0.1, 0.15) is 5.69 Å². The molecule has 2 atom stereocenters. The molecule has 11 heteroatoms. The fourth-order valence-electron chi connectivity index (χ4n) is 5.63. The summed E-state index contributed by atoms with van der Waals surface area (Å²) in [6.45, 7) is 5.35. The van der Waals surface area contributed by atoms with Crippen molar-refractivity contribution in [2.75, 3.05) is 24.5 Å². The highest BCUT2D eigenvalue weighted by molar-refractivity contribution is 5.99. The van der Waals surface area contributed by atoms with E-state index in [4.69, 9.17) is 5.11 Å². The summed E-state index contributed by atoms with van der Waals surface area (Å²) in [4.78, 5) is 32.4. The number of halogens is 2. The second kappa shape index (κ2) is 10.7. The first kappa shape index (κ1) is 26.7. The van der Waals surface area contributed by atoms with E-state index < -0.39 is 12.0 Å². The first-order chi connectivity index (χ1) is 18.6. The largest absolute Gasteiger partial charge is 0.465 e.